The molecule has 0 aliphatic carbocycles. The second kappa shape index (κ2) is 8.46. The fourth-order valence-corrected chi connectivity index (χ4v) is 4.02. The van der Waals surface area contributed by atoms with E-state index in [0.29, 0.717) is 23.5 Å². The van der Waals surface area contributed by atoms with Gasteiger partial charge in [-0.3, -0.25) is 10.1 Å². The van der Waals surface area contributed by atoms with Gasteiger partial charge in [0.05, 0.1) is 17.1 Å². The molecule has 0 saturated heterocycles. The number of amides is 1. The molecule has 6 N–H and O–H groups in total. The molecule has 1 amide bonds. The number of thioether (sulfide) groups is 1. The molecule has 0 aromatic heterocycles. The molecule has 0 radical (unpaired) electrons. The summed E-state index contributed by atoms with van der Waals surface area (Å²) in [6, 6.07) is 21.1. The van der Waals surface area contributed by atoms with E-state index in [4.69, 9.17) is 5.73 Å². The van der Waals surface area contributed by atoms with E-state index in [9.17, 15) is 4.79 Å². The number of hydrogen-bond donors (Lipinski definition) is 5. The van der Waals surface area contributed by atoms with Gasteiger partial charge in [-0.05, 0) is 55.1 Å². The minimum absolute atomic E-state index is 0.177. The standard InChI is InChI=1S/C22H23N5OS/c1-24-22-27-19-12-16(10-11-20(19)29-22)25-13-14-6-8-15(9-7-14)21(28)26-18-5-3-2-4-17(18)23/h2-12,22,24-25,27H,13,23H2,1H3,(H,26,28). The molecule has 3 aromatic rings. The third-order valence-electron chi connectivity index (χ3n) is 4.69. The van der Waals surface area contributed by atoms with Gasteiger partial charge in [-0.25, -0.2) is 0 Å². The molecule has 1 unspecified atom stereocenters. The number of carbonyl (C=O) groups excluding carboxylic acids is 1. The zero-order chi connectivity index (χ0) is 20.2. The van der Waals surface area contributed by atoms with E-state index in [-0.39, 0.29) is 11.4 Å². The van der Waals surface area contributed by atoms with Gasteiger partial charge in [0.1, 0.15) is 5.50 Å². The maximum Gasteiger partial charge on any atom is 0.255 e. The Balaban J connectivity index is 1.35. The van der Waals surface area contributed by atoms with Gasteiger partial charge in [-0.2, -0.15) is 0 Å². The van der Waals surface area contributed by atoms with Gasteiger partial charge in [0.2, 0.25) is 0 Å². The van der Waals surface area contributed by atoms with Gasteiger partial charge in [0, 0.05) is 22.7 Å². The Morgan fingerprint density at radius 3 is 2.66 bits per heavy atom. The van der Waals surface area contributed by atoms with Crippen LogP contribution >= 0.6 is 11.8 Å². The maximum atomic E-state index is 12.4. The van der Waals surface area contributed by atoms with Crippen molar-refractivity contribution in [3.05, 3.63) is 77.9 Å². The first-order valence-electron chi connectivity index (χ1n) is 9.35. The first-order chi connectivity index (χ1) is 14.1. The normalized spacial score (nSPS) is 14.7. The number of nitrogens with two attached hydrogens (primary N) is 1. The van der Waals surface area contributed by atoms with Crippen molar-refractivity contribution in [2.45, 2.75) is 16.9 Å². The second-order valence-corrected chi connectivity index (χ2v) is 7.88. The number of hydrogen-bond acceptors (Lipinski definition) is 6. The molecule has 1 heterocycles. The van der Waals surface area contributed by atoms with E-state index in [1.54, 1.807) is 23.9 Å². The quantitative estimate of drug-likeness (QED) is 0.396. The molecule has 148 valence electrons. The average Bonchev–Trinajstić information content (AvgIpc) is 3.17. The number of anilines is 4. The second-order valence-electron chi connectivity index (χ2n) is 6.73. The van der Waals surface area contributed by atoms with Crippen molar-refractivity contribution in [2.75, 3.05) is 28.7 Å². The Labute approximate surface area is 174 Å². The third kappa shape index (κ3) is 4.47. The molecule has 0 fully saturated rings. The van der Waals surface area contributed by atoms with Crippen molar-refractivity contribution >= 4 is 40.4 Å². The van der Waals surface area contributed by atoms with Gasteiger partial charge in [-0.15, -0.1) is 0 Å². The molecule has 1 atom stereocenters. The SMILES string of the molecule is CNC1Nc2cc(NCc3ccc(C(=O)Nc4ccccc4N)cc3)ccc2S1. The van der Waals surface area contributed by atoms with Gasteiger partial charge in [0.15, 0.2) is 0 Å². The highest BCUT2D eigenvalue weighted by Crippen LogP contribution is 2.38. The molecule has 3 aromatic carbocycles. The summed E-state index contributed by atoms with van der Waals surface area (Å²) in [5.74, 6) is -0.177. The van der Waals surface area contributed by atoms with Crippen LogP contribution in [-0.4, -0.2) is 18.5 Å². The van der Waals surface area contributed by atoms with E-state index in [1.165, 1.54) is 4.90 Å². The molecule has 0 bridgehead atoms. The van der Waals surface area contributed by atoms with Crippen LogP contribution in [0.4, 0.5) is 22.7 Å². The number of carbonyl (C=O) groups is 1. The number of rotatable bonds is 6. The summed E-state index contributed by atoms with van der Waals surface area (Å²) in [4.78, 5) is 13.7. The molecule has 7 heteroatoms. The Morgan fingerprint density at radius 2 is 1.90 bits per heavy atom. The fraction of sp³-hybridized carbons (Fsp3) is 0.136. The lowest BCUT2D eigenvalue weighted by Crippen LogP contribution is -2.26. The number of nitrogens with one attached hydrogen (secondary N) is 4. The molecule has 4 rings (SSSR count). The van der Waals surface area contributed by atoms with Crippen molar-refractivity contribution in [3.8, 4) is 0 Å². The minimum Gasteiger partial charge on any atom is -0.397 e. The first-order valence-corrected chi connectivity index (χ1v) is 10.2. The van der Waals surface area contributed by atoms with Crippen molar-refractivity contribution in [1.29, 1.82) is 0 Å². The lowest BCUT2D eigenvalue weighted by atomic mass is 10.1. The monoisotopic (exact) mass is 405 g/mol. The summed E-state index contributed by atoms with van der Waals surface area (Å²) in [7, 11) is 1.94. The Bertz CT molecular complexity index is 1020. The predicted octanol–water partition coefficient (Wildman–Crippen LogP) is 4.15. The van der Waals surface area contributed by atoms with E-state index < -0.39 is 0 Å². The minimum atomic E-state index is -0.177. The van der Waals surface area contributed by atoms with Crippen LogP contribution in [0.5, 0.6) is 0 Å². The van der Waals surface area contributed by atoms with Crippen LogP contribution in [0.3, 0.4) is 0 Å². The van der Waals surface area contributed by atoms with Crippen LogP contribution < -0.4 is 27.0 Å². The Hall–Kier alpha value is -3.16. The summed E-state index contributed by atoms with van der Waals surface area (Å²) < 4.78 is 0. The van der Waals surface area contributed by atoms with Crippen molar-refractivity contribution in [1.82, 2.24) is 5.32 Å². The van der Waals surface area contributed by atoms with Crippen molar-refractivity contribution < 1.29 is 4.79 Å². The molecule has 1 aliphatic heterocycles. The number of fused-ring (bicyclic) bond motifs is 1. The van der Waals surface area contributed by atoms with E-state index in [2.05, 4.69) is 39.5 Å². The topological polar surface area (TPSA) is 91.2 Å². The molecule has 6 nitrogen and oxygen atoms in total. The number of benzene rings is 3. The van der Waals surface area contributed by atoms with Crippen LogP contribution in [0.1, 0.15) is 15.9 Å². The van der Waals surface area contributed by atoms with E-state index >= 15 is 0 Å². The summed E-state index contributed by atoms with van der Waals surface area (Å²) >= 11 is 1.77. The van der Waals surface area contributed by atoms with E-state index in [1.807, 2.05) is 43.4 Å². The zero-order valence-electron chi connectivity index (χ0n) is 16.0. The average molecular weight is 406 g/mol. The van der Waals surface area contributed by atoms with Crippen LogP contribution in [0.15, 0.2) is 71.6 Å². The number of nitrogen functional groups attached to an aromatic ring is 1. The molecule has 29 heavy (non-hydrogen) atoms. The fourth-order valence-electron chi connectivity index (χ4n) is 3.07. The van der Waals surface area contributed by atoms with Crippen LogP contribution in [0, 0.1) is 0 Å². The molecule has 1 aliphatic rings. The Morgan fingerprint density at radius 1 is 1.10 bits per heavy atom. The predicted molar refractivity (Wildman–Crippen MR) is 121 cm³/mol. The summed E-state index contributed by atoms with van der Waals surface area (Å²) in [5, 5.41) is 12.9. The Kier molecular flexibility index (Phi) is 5.59. The highest BCUT2D eigenvalue weighted by atomic mass is 32.2. The van der Waals surface area contributed by atoms with Gasteiger partial charge >= 0.3 is 0 Å². The number of para-hydroxylation sites is 2. The van der Waals surface area contributed by atoms with Gasteiger partial charge < -0.3 is 21.7 Å². The molecule has 0 spiro atoms. The highest BCUT2D eigenvalue weighted by Gasteiger charge is 2.19. The largest absolute Gasteiger partial charge is 0.397 e. The van der Waals surface area contributed by atoms with Crippen molar-refractivity contribution in [3.63, 3.8) is 0 Å². The molecule has 0 saturated carbocycles. The lowest BCUT2D eigenvalue weighted by Gasteiger charge is -2.10. The molecular weight excluding hydrogens is 382 g/mol. The first kappa shape index (κ1) is 19.2. The third-order valence-corrected chi connectivity index (χ3v) is 5.89. The van der Waals surface area contributed by atoms with Crippen LogP contribution in [0.2, 0.25) is 0 Å². The van der Waals surface area contributed by atoms with Crippen LogP contribution in [0.25, 0.3) is 0 Å². The van der Waals surface area contributed by atoms with E-state index in [0.717, 1.165) is 16.9 Å². The van der Waals surface area contributed by atoms with Gasteiger partial charge in [-0.1, -0.05) is 36.0 Å². The highest BCUT2D eigenvalue weighted by molar-refractivity contribution is 8.00. The lowest BCUT2D eigenvalue weighted by molar-refractivity contribution is 0.102. The summed E-state index contributed by atoms with van der Waals surface area (Å²) in [6.07, 6.45) is 0. The summed E-state index contributed by atoms with van der Waals surface area (Å²) in [5.41, 5.74) is 11.1. The molecular formula is C22H23N5OS. The van der Waals surface area contributed by atoms with Crippen LogP contribution in [-0.2, 0) is 6.54 Å². The maximum absolute atomic E-state index is 12.4. The summed E-state index contributed by atoms with van der Waals surface area (Å²) in [6.45, 7) is 0.676. The van der Waals surface area contributed by atoms with Gasteiger partial charge in [0.25, 0.3) is 5.91 Å². The van der Waals surface area contributed by atoms with Crippen molar-refractivity contribution in [2.24, 2.45) is 0 Å². The smallest absolute Gasteiger partial charge is 0.255 e. The zero-order valence-corrected chi connectivity index (χ0v) is 16.8.